The van der Waals surface area contributed by atoms with Crippen molar-refractivity contribution in [1.29, 1.82) is 0 Å². The summed E-state index contributed by atoms with van der Waals surface area (Å²) in [6.45, 7) is 5.65. The van der Waals surface area contributed by atoms with Gasteiger partial charge in [0.15, 0.2) is 0 Å². The monoisotopic (exact) mass is 261 g/mol. The minimum Gasteiger partial charge on any atom is -0.293 e. The zero-order valence-electron chi connectivity index (χ0n) is 9.32. The van der Waals surface area contributed by atoms with Crippen LogP contribution in [0.2, 0.25) is 0 Å². The van der Waals surface area contributed by atoms with Crippen LogP contribution in [0, 0.1) is 0 Å². The first-order valence-electron chi connectivity index (χ1n) is 4.67. The number of imidazole rings is 1. The lowest BCUT2D eigenvalue weighted by atomic mass is 10.1. The Morgan fingerprint density at radius 3 is 2.44 bits per heavy atom. The normalized spacial score (nSPS) is 11.1. The largest absolute Gasteiger partial charge is 0.333 e. The first kappa shape index (κ1) is 13.1. The van der Waals surface area contributed by atoms with Crippen molar-refractivity contribution in [2.45, 2.75) is 26.3 Å². The Hall–Kier alpha value is -1.00. The SMILES string of the molecule is CC(C)(C)N(C=C(Cl)Cl)C(=O)n1ccnc1. The lowest BCUT2D eigenvalue weighted by molar-refractivity contribution is 0.180. The number of hydrogen-bond donors (Lipinski definition) is 0. The van der Waals surface area contributed by atoms with E-state index in [4.69, 9.17) is 23.2 Å². The van der Waals surface area contributed by atoms with Gasteiger partial charge in [0, 0.05) is 24.1 Å². The van der Waals surface area contributed by atoms with E-state index in [0.717, 1.165) is 0 Å². The van der Waals surface area contributed by atoms with E-state index in [1.165, 1.54) is 28.2 Å². The Bertz CT molecular complexity index is 389. The van der Waals surface area contributed by atoms with Crippen molar-refractivity contribution in [2.24, 2.45) is 0 Å². The third-order valence-electron chi connectivity index (χ3n) is 1.88. The van der Waals surface area contributed by atoms with E-state index in [0.29, 0.717) is 0 Å². The van der Waals surface area contributed by atoms with Crippen molar-refractivity contribution in [3.05, 3.63) is 29.4 Å². The zero-order chi connectivity index (χ0) is 12.3. The van der Waals surface area contributed by atoms with Crippen LogP contribution >= 0.6 is 23.2 Å². The van der Waals surface area contributed by atoms with Crippen molar-refractivity contribution < 1.29 is 4.79 Å². The Kier molecular flexibility index (Phi) is 3.99. The molecule has 0 aromatic carbocycles. The van der Waals surface area contributed by atoms with Gasteiger partial charge in [-0.1, -0.05) is 23.2 Å². The van der Waals surface area contributed by atoms with E-state index in [1.54, 1.807) is 6.20 Å². The quantitative estimate of drug-likeness (QED) is 0.779. The lowest BCUT2D eigenvalue weighted by Gasteiger charge is -2.32. The molecule has 0 aliphatic carbocycles. The first-order chi connectivity index (χ1) is 7.32. The second-order valence-corrected chi connectivity index (χ2v) is 5.22. The number of carbonyl (C=O) groups is 1. The van der Waals surface area contributed by atoms with Crippen molar-refractivity contribution in [2.75, 3.05) is 0 Å². The first-order valence-corrected chi connectivity index (χ1v) is 5.42. The van der Waals surface area contributed by atoms with Gasteiger partial charge in [-0.3, -0.25) is 9.47 Å². The fraction of sp³-hybridized carbons (Fsp3) is 0.400. The van der Waals surface area contributed by atoms with Gasteiger partial charge in [-0.15, -0.1) is 0 Å². The molecule has 0 unspecified atom stereocenters. The average Bonchev–Trinajstić information content (AvgIpc) is 2.63. The summed E-state index contributed by atoms with van der Waals surface area (Å²) in [5.74, 6) is 0. The molecule has 1 aromatic rings. The van der Waals surface area contributed by atoms with Gasteiger partial charge in [0.05, 0.1) is 0 Å². The maximum absolute atomic E-state index is 12.1. The summed E-state index contributed by atoms with van der Waals surface area (Å²) >= 11 is 11.2. The van der Waals surface area contributed by atoms with Gasteiger partial charge in [-0.2, -0.15) is 0 Å². The van der Waals surface area contributed by atoms with Crippen LogP contribution in [-0.2, 0) is 0 Å². The fourth-order valence-electron chi connectivity index (χ4n) is 1.13. The molecular weight excluding hydrogens is 249 g/mol. The second-order valence-electron chi connectivity index (χ2n) is 4.21. The van der Waals surface area contributed by atoms with Crippen molar-refractivity contribution in [3.63, 3.8) is 0 Å². The molecular formula is C10H13Cl2N3O. The molecule has 4 nitrogen and oxygen atoms in total. The van der Waals surface area contributed by atoms with E-state index in [-0.39, 0.29) is 10.5 Å². The van der Waals surface area contributed by atoms with Crippen LogP contribution in [0.25, 0.3) is 0 Å². The van der Waals surface area contributed by atoms with Crippen LogP contribution in [0.15, 0.2) is 29.4 Å². The smallest absolute Gasteiger partial charge is 0.293 e. The Balaban J connectivity index is 3.04. The molecule has 0 radical (unpaired) electrons. The predicted molar refractivity (Wildman–Crippen MR) is 64.4 cm³/mol. The maximum Gasteiger partial charge on any atom is 0.333 e. The molecule has 1 rings (SSSR count). The summed E-state index contributed by atoms with van der Waals surface area (Å²) in [6.07, 6.45) is 5.92. The van der Waals surface area contributed by atoms with Gasteiger partial charge >= 0.3 is 6.03 Å². The van der Waals surface area contributed by atoms with Gasteiger partial charge in [-0.25, -0.2) is 9.78 Å². The maximum atomic E-state index is 12.1. The van der Waals surface area contributed by atoms with Gasteiger partial charge in [-0.05, 0) is 20.8 Å². The second kappa shape index (κ2) is 4.89. The Labute approximate surface area is 104 Å². The van der Waals surface area contributed by atoms with Crippen LogP contribution in [0.5, 0.6) is 0 Å². The van der Waals surface area contributed by atoms with Crippen molar-refractivity contribution in [3.8, 4) is 0 Å². The molecule has 0 N–H and O–H groups in total. The fourth-order valence-corrected chi connectivity index (χ4v) is 1.33. The lowest BCUT2D eigenvalue weighted by Crippen LogP contribution is -2.43. The molecule has 16 heavy (non-hydrogen) atoms. The number of aromatic nitrogens is 2. The molecule has 1 aromatic heterocycles. The Morgan fingerprint density at radius 2 is 2.06 bits per heavy atom. The number of carbonyl (C=O) groups excluding carboxylic acids is 1. The minimum absolute atomic E-state index is 0.0309. The molecule has 0 saturated carbocycles. The zero-order valence-corrected chi connectivity index (χ0v) is 10.8. The molecule has 0 aliphatic rings. The summed E-state index contributed by atoms with van der Waals surface area (Å²) in [5.41, 5.74) is -0.420. The van der Waals surface area contributed by atoms with Crippen LogP contribution in [0.4, 0.5) is 4.79 Å². The number of nitrogens with zero attached hydrogens (tertiary/aromatic N) is 3. The highest BCUT2D eigenvalue weighted by molar-refractivity contribution is 6.55. The van der Waals surface area contributed by atoms with Gasteiger partial charge in [0.25, 0.3) is 0 Å². The van der Waals surface area contributed by atoms with E-state index in [9.17, 15) is 4.79 Å². The summed E-state index contributed by atoms with van der Waals surface area (Å²) < 4.78 is 1.39. The Morgan fingerprint density at radius 1 is 1.44 bits per heavy atom. The van der Waals surface area contributed by atoms with E-state index < -0.39 is 5.54 Å². The molecule has 6 heteroatoms. The molecule has 1 amide bonds. The predicted octanol–water partition coefficient (Wildman–Crippen LogP) is 3.23. The van der Waals surface area contributed by atoms with Gasteiger partial charge in [0.2, 0.25) is 0 Å². The topological polar surface area (TPSA) is 38.1 Å². The van der Waals surface area contributed by atoms with Crippen LogP contribution in [-0.4, -0.2) is 26.0 Å². The molecule has 0 aliphatic heterocycles. The number of halogens is 2. The molecule has 0 atom stereocenters. The van der Waals surface area contributed by atoms with E-state index in [2.05, 4.69) is 4.98 Å². The summed E-state index contributed by atoms with van der Waals surface area (Å²) in [4.78, 5) is 17.3. The van der Waals surface area contributed by atoms with Gasteiger partial charge in [0.1, 0.15) is 10.8 Å². The molecule has 0 bridgehead atoms. The molecule has 88 valence electrons. The summed E-state index contributed by atoms with van der Waals surface area (Å²) in [7, 11) is 0. The highest BCUT2D eigenvalue weighted by atomic mass is 35.5. The average molecular weight is 262 g/mol. The number of amides is 1. The van der Waals surface area contributed by atoms with Crippen LogP contribution in [0.3, 0.4) is 0 Å². The molecule has 1 heterocycles. The highest BCUT2D eigenvalue weighted by Crippen LogP contribution is 2.19. The van der Waals surface area contributed by atoms with E-state index >= 15 is 0 Å². The number of hydrogen-bond acceptors (Lipinski definition) is 2. The molecule has 0 fully saturated rings. The standard InChI is InChI=1S/C10H13Cl2N3O/c1-10(2,3)15(6-8(11)12)9(16)14-5-4-13-7-14/h4-7H,1-3H3. The number of rotatable bonds is 1. The van der Waals surface area contributed by atoms with Gasteiger partial charge < -0.3 is 0 Å². The highest BCUT2D eigenvalue weighted by Gasteiger charge is 2.26. The minimum atomic E-state index is -0.420. The molecule has 0 saturated heterocycles. The summed E-state index contributed by atoms with van der Waals surface area (Å²) in [6, 6.07) is -0.260. The van der Waals surface area contributed by atoms with Crippen LogP contribution < -0.4 is 0 Å². The third kappa shape index (κ3) is 3.25. The van der Waals surface area contributed by atoms with Crippen LogP contribution in [0.1, 0.15) is 20.8 Å². The summed E-state index contributed by atoms with van der Waals surface area (Å²) in [5, 5.41) is 0. The van der Waals surface area contributed by atoms with Crippen molar-refractivity contribution >= 4 is 29.2 Å². The van der Waals surface area contributed by atoms with Crippen molar-refractivity contribution in [1.82, 2.24) is 14.5 Å². The third-order valence-corrected chi connectivity index (χ3v) is 2.08. The van der Waals surface area contributed by atoms with E-state index in [1.807, 2.05) is 20.8 Å². The molecule has 0 spiro atoms.